The first-order chi connectivity index (χ1) is 24.1. The third kappa shape index (κ3) is 9.45. The minimum Gasteiger partial charge on any atom is -0.457 e. The van der Waals surface area contributed by atoms with E-state index in [1.165, 1.54) is 35.4 Å². The van der Waals surface area contributed by atoms with E-state index in [1.807, 2.05) is 6.07 Å². The van der Waals surface area contributed by atoms with Gasteiger partial charge in [-0.2, -0.15) is 13.2 Å². The molecule has 1 saturated carbocycles. The van der Waals surface area contributed by atoms with Gasteiger partial charge in [0, 0.05) is 30.7 Å². The van der Waals surface area contributed by atoms with Crippen LogP contribution in [0.5, 0.6) is 11.5 Å². The lowest BCUT2D eigenvalue weighted by atomic mass is 9.80. The maximum Gasteiger partial charge on any atom is 0.416 e. The maximum atomic E-state index is 13.2. The lowest BCUT2D eigenvalue weighted by molar-refractivity contribution is -0.137. The molecular formula is C42H48F3NO4. The van der Waals surface area contributed by atoms with Crippen molar-refractivity contribution in [2.45, 2.75) is 96.3 Å². The molecule has 0 aromatic heterocycles. The van der Waals surface area contributed by atoms with Crippen LogP contribution in [0.15, 0.2) is 60.7 Å². The second-order valence-electron chi connectivity index (χ2n) is 14.4. The van der Waals surface area contributed by atoms with Crippen molar-refractivity contribution < 1.29 is 32.2 Å². The van der Waals surface area contributed by atoms with Crippen molar-refractivity contribution in [3.8, 4) is 11.5 Å². The Bertz CT molecular complexity index is 1740. The van der Waals surface area contributed by atoms with E-state index in [0.717, 1.165) is 87.7 Å². The fourth-order valence-corrected chi connectivity index (χ4v) is 7.78. The van der Waals surface area contributed by atoms with Crippen molar-refractivity contribution in [1.29, 1.82) is 0 Å². The molecule has 6 rings (SSSR count). The number of nitrogens with one attached hydrogen (secondary N) is 1. The smallest absolute Gasteiger partial charge is 0.416 e. The van der Waals surface area contributed by atoms with E-state index in [4.69, 9.17) is 9.47 Å². The number of carbonyl (C=O) groups is 2. The zero-order valence-corrected chi connectivity index (χ0v) is 28.9. The summed E-state index contributed by atoms with van der Waals surface area (Å²) in [5, 5.41) is 5.49. The average molecular weight is 688 g/mol. The third-order valence-corrected chi connectivity index (χ3v) is 10.8. The van der Waals surface area contributed by atoms with Gasteiger partial charge in [-0.05, 0) is 134 Å². The summed E-state index contributed by atoms with van der Waals surface area (Å²) < 4.78 is 50.0. The maximum absolute atomic E-state index is 13.2. The molecule has 1 N–H and O–H groups in total. The number of benzene rings is 3. The molecule has 3 aromatic rings. The SMILES string of the molecule is Cc1c(C(=O)NCC2CCCCO2)ccc2c1=CC(CCC1CCCCC(CC(=O)c3ccc(Oc4ccc(C(F)(F)F)cc4)cc3)CC1)C=2. The molecule has 2 fully saturated rings. The molecular weight excluding hydrogens is 639 g/mol. The molecule has 1 heterocycles. The molecule has 5 nitrogen and oxygen atoms in total. The van der Waals surface area contributed by atoms with Crippen LogP contribution in [-0.2, 0) is 10.9 Å². The molecule has 1 amide bonds. The van der Waals surface area contributed by atoms with Crippen molar-refractivity contribution in [2.24, 2.45) is 17.8 Å². The minimum atomic E-state index is -4.39. The molecule has 0 bridgehead atoms. The molecule has 266 valence electrons. The second kappa shape index (κ2) is 16.4. The van der Waals surface area contributed by atoms with E-state index in [9.17, 15) is 22.8 Å². The lowest BCUT2D eigenvalue weighted by Gasteiger charge is -2.25. The molecule has 2 aliphatic carbocycles. The van der Waals surface area contributed by atoms with E-state index in [1.54, 1.807) is 24.3 Å². The minimum absolute atomic E-state index is 0.0263. The summed E-state index contributed by atoms with van der Waals surface area (Å²) in [6.07, 6.45) is 13.2. The van der Waals surface area contributed by atoms with Gasteiger partial charge in [0.1, 0.15) is 11.5 Å². The van der Waals surface area contributed by atoms with Crippen LogP contribution in [0.2, 0.25) is 0 Å². The molecule has 0 radical (unpaired) electrons. The Morgan fingerprint density at radius 1 is 0.800 bits per heavy atom. The first-order valence-corrected chi connectivity index (χ1v) is 18.3. The first-order valence-electron chi connectivity index (χ1n) is 18.3. The molecule has 1 saturated heterocycles. The fourth-order valence-electron chi connectivity index (χ4n) is 7.78. The van der Waals surface area contributed by atoms with Gasteiger partial charge in [0.25, 0.3) is 5.91 Å². The molecule has 3 aliphatic rings. The number of ether oxygens (including phenoxy) is 2. The van der Waals surface area contributed by atoms with Gasteiger partial charge < -0.3 is 14.8 Å². The third-order valence-electron chi connectivity index (χ3n) is 10.8. The summed E-state index contributed by atoms with van der Waals surface area (Å²) in [5.74, 6) is 2.24. The Morgan fingerprint density at radius 2 is 1.48 bits per heavy atom. The Hall–Kier alpha value is -3.91. The molecule has 0 spiro atoms. The van der Waals surface area contributed by atoms with E-state index < -0.39 is 11.7 Å². The largest absolute Gasteiger partial charge is 0.457 e. The second-order valence-corrected chi connectivity index (χ2v) is 14.4. The summed E-state index contributed by atoms with van der Waals surface area (Å²) in [4.78, 5) is 26.2. The summed E-state index contributed by atoms with van der Waals surface area (Å²) in [6, 6.07) is 15.5. The number of ketones is 1. The zero-order chi connectivity index (χ0) is 35.1. The van der Waals surface area contributed by atoms with Gasteiger partial charge in [-0.15, -0.1) is 0 Å². The number of carbonyl (C=O) groups excluding carboxylic acids is 2. The van der Waals surface area contributed by atoms with Crippen molar-refractivity contribution in [3.05, 3.63) is 93.4 Å². The highest BCUT2D eigenvalue weighted by molar-refractivity contribution is 5.96. The van der Waals surface area contributed by atoms with Gasteiger partial charge in [-0.25, -0.2) is 0 Å². The van der Waals surface area contributed by atoms with E-state index in [-0.39, 0.29) is 17.8 Å². The lowest BCUT2D eigenvalue weighted by Crippen LogP contribution is -2.37. The summed E-state index contributed by atoms with van der Waals surface area (Å²) >= 11 is 0. The summed E-state index contributed by atoms with van der Waals surface area (Å²) in [6.45, 7) is 3.39. The standard InChI is InChI=1S/C42H48F3NO4/c1-28-38(41(48)46-27-37-8-4-5-23-49-37)22-15-33-24-31(25-39(28)33)12-10-29-6-2-3-7-30(11-9-29)26-40(47)32-13-18-35(19-14-32)50-36-20-16-34(17-21-36)42(43,44)45/h13-22,24-25,29-31,37H,2-12,23,26-27H2,1H3,(H,46,48). The van der Waals surface area contributed by atoms with E-state index in [2.05, 4.69) is 30.5 Å². The van der Waals surface area contributed by atoms with Crippen LogP contribution in [0, 0.1) is 24.7 Å². The number of amides is 1. The predicted molar refractivity (Wildman–Crippen MR) is 190 cm³/mol. The fraction of sp³-hybridized carbons (Fsp3) is 0.476. The van der Waals surface area contributed by atoms with Crippen LogP contribution in [0.4, 0.5) is 13.2 Å². The van der Waals surface area contributed by atoms with Crippen LogP contribution >= 0.6 is 0 Å². The Balaban J connectivity index is 0.966. The Labute approximate surface area is 293 Å². The highest BCUT2D eigenvalue weighted by Gasteiger charge is 2.30. The highest BCUT2D eigenvalue weighted by Crippen LogP contribution is 2.34. The van der Waals surface area contributed by atoms with Gasteiger partial charge in [0.2, 0.25) is 0 Å². The van der Waals surface area contributed by atoms with Gasteiger partial charge in [-0.1, -0.05) is 50.3 Å². The summed E-state index contributed by atoms with van der Waals surface area (Å²) in [7, 11) is 0. The molecule has 50 heavy (non-hydrogen) atoms. The number of alkyl halides is 3. The number of fused-ring (bicyclic) bond motifs is 1. The van der Waals surface area contributed by atoms with E-state index >= 15 is 0 Å². The van der Waals surface area contributed by atoms with Gasteiger partial charge in [0.15, 0.2) is 5.78 Å². The summed E-state index contributed by atoms with van der Waals surface area (Å²) in [5.41, 5.74) is 1.69. The number of hydrogen-bond donors (Lipinski definition) is 1. The van der Waals surface area contributed by atoms with Gasteiger partial charge in [-0.3, -0.25) is 9.59 Å². The molecule has 3 aromatic carbocycles. The van der Waals surface area contributed by atoms with Crippen LogP contribution < -0.4 is 20.5 Å². The number of hydrogen-bond acceptors (Lipinski definition) is 4. The van der Waals surface area contributed by atoms with Crippen LogP contribution in [0.25, 0.3) is 12.2 Å². The zero-order valence-electron chi connectivity index (χ0n) is 28.9. The van der Waals surface area contributed by atoms with Crippen LogP contribution in [0.1, 0.15) is 109 Å². The van der Waals surface area contributed by atoms with Gasteiger partial charge in [0.05, 0.1) is 11.7 Å². The van der Waals surface area contributed by atoms with Crippen molar-refractivity contribution in [2.75, 3.05) is 13.2 Å². The van der Waals surface area contributed by atoms with E-state index in [0.29, 0.717) is 47.8 Å². The monoisotopic (exact) mass is 687 g/mol. The predicted octanol–water partition coefficient (Wildman–Crippen LogP) is 8.94. The molecule has 1 aliphatic heterocycles. The van der Waals surface area contributed by atoms with Crippen molar-refractivity contribution in [3.63, 3.8) is 0 Å². The number of Topliss-reactive ketones (excluding diaryl/α,β-unsaturated/α-hetero) is 1. The molecule has 8 heteroatoms. The van der Waals surface area contributed by atoms with Crippen molar-refractivity contribution >= 4 is 23.8 Å². The Morgan fingerprint density at radius 3 is 2.18 bits per heavy atom. The van der Waals surface area contributed by atoms with Crippen molar-refractivity contribution in [1.82, 2.24) is 5.32 Å². The topological polar surface area (TPSA) is 64.6 Å². The highest BCUT2D eigenvalue weighted by atomic mass is 19.4. The Kier molecular flexibility index (Phi) is 11.8. The average Bonchev–Trinajstić information content (AvgIpc) is 3.53. The van der Waals surface area contributed by atoms with Gasteiger partial charge >= 0.3 is 6.18 Å². The first kappa shape index (κ1) is 35.9. The quantitative estimate of drug-likeness (QED) is 0.205. The number of rotatable bonds is 11. The molecule has 4 unspecified atom stereocenters. The van der Waals surface area contributed by atoms with Crippen LogP contribution in [0.3, 0.4) is 0 Å². The van der Waals surface area contributed by atoms with Crippen LogP contribution in [-0.4, -0.2) is 30.9 Å². The normalized spacial score (nSPS) is 22.3. The number of halogens is 3. The molecule has 4 atom stereocenters.